The molecule has 40 heavy (non-hydrogen) atoms. The lowest BCUT2D eigenvalue weighted by atomic mass is 10.0. The number of H-pyrrole nitrogens is 1. The normalized spacial score (nSPS) is 15.1. The van der Waals surface area contributed by atoms with E-state index in [4.69, 9.17) is 0 Å². The van der Waals surface area contributed by atoms with Crippen molar-refractivity contribution in [3.63, 3.8) is 0 Å². The summed E-state index contributed by atoms with van der Waals surface area (Å²) < 4.78 is 1.63. The van der Waals surface area contributed by atoms with E-state index in [0.717, 1.165) is 37.8 Å². The average molecular weight is 549 g/mol. The van der Waals surface area contributed by atoms with Gasteiger partial charge in [-0.1, -0.05) is 12.8 Å². The van der Waals surface area contributed by atoms with Crippen LogP contribution >= 0.6 is 0 Å². The van der Waals surface area contributed by atoms with Crippen molar-refractivity contribution in [3.8, 4) is 5.75 Å². The number of fused-ring (bicyclic) bond motifs is 2. The minimum atomic E-state index is -0.632. The minimum absolute atomic E-state index is 0.0192. The van der Waals surface area contributed by atoms with Crippen LogP contribution in [-0.2, 0) is 17.9 Å². The molecule has 11 heteroatoms. The fraction of sp³-hybridized carbons (Fsp3) is 0.517. The van der Waals surface area contributed by atoms with Crippen LogP contribution in [0.15, 0.2) is 23.3 Å². The Balaban J connectivity index is 1.06. The number of aromatic amines is 1. The second-order valence-electron chi connectivity index (χ2n) is 11.0. The standard InChI is InChI=1S/C29H36N6O5/c1-17(2)34-11-12-35-19(13-23(37)27(39)26(35)29(34)40)14-30-24(38)8-6-4-3-5-7-22(36)20-15-31-28-25(20)33-21(16-32-28)18-9-10-18/h13,15-18,39H,3-12,14H2,1-2H3,(H,30,38)(H,31,32). The van der Waals surface area contributed by atoms with Gasteiger partial charge in [-0.15, -0.1) is 0 Å². The van der Waals surface area contributed by atoms with Crippen molar-refractivity contribution in [1.29, 1.82) is 0 Å². The van der Waals surface area contributed by atoms with Gasteiger partial charge in [0.15, 0.2) is 22.9 Å². The molecule has 4 heterocycles. The number of pyridine rings is 1. The van der Waals surface area contributed by atoms with Crippen molar-refractivity contribution in [1.82, 2.24) is 29.7 Å². The van der Waals surface area contributed by atoms with E-state index >= 15 is 0 Å². The second kappa shape index (κ2) is 11.6. The molecule has 5 rings (SSSR count). The highest BCUT2D eigenvalue weighted by Gasteiger charge is 2.31. The van der Waals surface area contributed by atoms with Crippen LogP contribution in [0.1, 0.15) is 103 Å². The molecule has 0 radical (unpaired) electrons. The number of hydrogen-bond donors (Lipinski definition) is 3. The van der Waals surface area contributed by atoms with E-state index in [-0.39, 0.29) is 35.9 Å². The molecule has 0 spiro atoms. The number of nitrogens with one attached hydrogen (secondary N) is 2. The van der Waals surface area contributed by atoms with Crippen molar-refractivity contribution in [2.75, 3.05) is 6.54 Å². The average Bonchev–Trinajstić information content (AvgIpc) is 3.70. The predicted molar refractivity (Wildman–Crippen MR) is 148 cm³/mol. The van der Waals surface area contributed by atoms with Crippen LogP contribution in [0, 0.1) is 0 Å². The number of aromatic nitrogens is 4. The molecule has 2 amide bonds. The number of nitrogens with zero attached hydrogens (tertiary/aromatic N) is 4. The third-order valence-corrected chi connectivity index (χ3v) is 7.74. The number of unbranched alkanes of at least 4 members (excludes halogenated alkanes) is 3. The van der Waals surface area contributed by atoms with Gasteiger partial charge >= 0.3 is 0 Å². The highest BCUT2D eigenvalue weighted by molar-refractivity contribution is 6.05. The molecule has 1 fully saturated rings. The lowest BCUT2D eigenvalue weighted by Gasteiger charge is -2.34. The van der Waals surface area contributed by atoms with E-state index in [1.165, 1.54) is 6.07 Å². The monoisotopic (exact) mass is 548 g/mol. The predicted octanol–water partition coefficient (Wildman–Crippen LogP) is 3.41. The Kier molecular flexibility index (Phi) is 7.99. The molecule has 3 aromatic heterocycles. The van der Waals surface area contributed by atoms with E-state index in [1.54, 1.807) is 21.9 Å². The Labute approximate surface area is 232 Å². The lowest BCUT2D eigenvalue weighted by molar-refractivity contribution is -0.121. The van der Waals surface area contributed by atoms with Gasteiger partial charge in [0.25, 0.3) is 5.91 Å². The molecule has 2 aliphatic rings. The van der Waals surface area contributed by atoms with Gasteiger partial charge in [-0.2, -0.15) is 0 Å². The fourth-order valence-electron chi connectivity index (χ4n) is 5.27. The summed E-state index contributed by atoms with van der Waals surface area (Å²) in [6.07, 6.45) is 9.54. The number of hydrogen-bond acceptors (Lipinski definition) is 7. The third-order valence-electron chi connectivity index (χ3n) is 7.74. The molecule has 0 bridgehead atoms. The molecule has 0 atom stereocenters. The molecule has 3 aromatic rings. The fourth-order valence-corrected chi connectivity index (χ4v) is 5.27. The SMILES string of the molecule is CC(C)N1CCn2c(CNC(=O)CCCCCCC(=O)c3c[nH]c4ncc(C5CC5)nc34)cc(=O)c(O)c2C1=O. The first-order chi connectivity index (χ1) is 19.2. The smallest absolute Gasteiger partial charge is 0.274 e. The van der Waals surface area contributed by atoms with Gasteiger partial charge in [-0.3, -0.25) is 19.2 Å². The molecule has 3 N–H and O–H groups in total. The topological polar surface area (TPSA) is 150 Å². The number of aromatic hydroxyl groups is 1. The van der Waals surface area contributed by atoms with Gasteiger partial charge < -0.3 is 24.9 Å². The van der Waals surface area contributed by atoms with Crippen molar-refractivity contribution in [2.45, 2.75) is 90.3 Å². The molecule has 212 valence electrons. The summed E-state index contributed by atoms with van der Waals surface area (Å²) >= 11 is 0. The first kappa shape index (κ1) is 27.5. The molecule has 11 nitrogen and oxygen atoms in total. The Morgan fingerprint density at radius 3 is 2.60 bits per heavy atom. The van der Waals surface area contributed by atoms with Crippen molar-refractivity contribution in [3.05, 3.63) is 51.3 Å². The summed E-state index contributed by atoms with van der Waals surface area (Å²) in [7, 11) is 0. The number of carbonyl (C=O) groups excluding carboxylic acids is 3. The summed E-state index contributed by atoms with van der Waals surface area (Å²) in [6.45, 7) is 4.76. The second-order valence-corrected chi connectivity index (χ2v) is 11.0. The molecule has 1 aliphatic heterocycles. The van der Waals surface area contributed by atoms with E-state index in [9.17, 15) is 24.3 Å². The maximum absolute atomic E-state index is 12.8. The van der Waals surface area contributed by atoms with Crippen molar-refractivity contribution < 1.29 is 19.5 Å². The number of ketones is 1. The molecular formula is C29H36N6O5. The maximum atomic E-state index is 12.8. The number of carbonyl (C=O) groups is 3. The molecular weight excluding hydrogens is 512 g/mol. The van der Waals surface area contributed by atoms with Gasteiger partial charge in [0.2, 0.25) is 11.3 Å². The maximum Gasteiger partial charge on any atom is 0.274 e. The Bertz CT molecular complexity index is 1500. The van der Waals surface area contributed by atoms with Crippen LogP contribution in [0.5, 0.6) is 5.75 Å². The van der Waals surface area contributed by atoms with E-state index in [1.807, 2.05) is 13.8 Å². The van der Waals surface area contributed by atoms with Gasteiger partial charge in [0.05, 0.1) is 24.0 Å². The van der Waals surface area contributed by atoms with Crippen LogP contribution in [0.3, 0.4) is 0 Å². The Hall–Kier alpha value is -4.02. The summed E-state index contributed by atoms with van der Waals surface area (Å²) in [6, 6.07) is 1.22. The molecule has 0 unspecified atom stereocenters. The first-order valence-electron chi connectivity index (χ1n) is 14.1. The van der Waals surface area contributed by atoms with Gasteiger partial charge in [0, 0.05) is 55.8 Å². The van der Waals surface area contributed by atoms with Crippen LogP contribution in [0.25, 0.3) is 11.2 Å². The van der Waals surface area contributed by atoms with Gasteiger partial charge in [0.1, 0.15) is 5.52 Å². The Morgan fingerprint density at radius 2 is 1.88 bits per heavy atom. The summed E-state index contributed by atoms with van der Waals surface area (Å²) in [5.41, 5.74) is 2.70. The summed E-state index contributed by atoms with van der Waals surface area (Å²) in [4.78, 5) is 64.1. The highest BCUT2D eigenvalue weighted by Crippen LogP contribution is 2.39. The Morgan fingerprint density at radius 1 is 1.12 bits per heavy atom. The third kappa shape index (κ3) is 5.78. The largest absolute Gasteiger partial charge is 0.503 e. The van der Waals surface area contributed by atoms with Gasteiger partial charge in [-0.25, -0.2) is 9.97 Å². The van der Waals surface area contributed by atoms with Crippen LogP contribution in [0.4, 0.5) is 0 Å². The number of rotatable bonds is 12. The number of amides is 2. The van der Waals surface area contributed by atoms with Crippen molar-refractivity contribution >= 4 is 28.8 Å². The van der Waals surface area contributed by atoms with Crippen LogP contribution in [0.2, 0.25) is 0 Å². The first-order valence-corrected chi connectivity index (χ1v) is 14.1. The summed E-state index contributed by atoms with van der Waals surface area (Å²) in [5, 5.41) is 13.1. The van der Waals surface area contributed by atoms with E-state index in [0.29, 0.717) is 60.7 Å². The van der Waals surface area contributed by atoms with E-state index in [2.05, 4.69) is 20.3 Å². The van der Waals surface area contributed by atoms with Crippen molar-refractivity contribution in [2.24, 2.45) is 0 Å². The minimum Gasteiger partial charge on any atom is -0.503 e. The lowest BCUT2D eigenvalue weighted by Crippen LogP contribution is -2.46. The zero-order valence-corrected chi connectivity index (χ0v) is 23.0. The van der Waals surface area contributed by atoms with Gasteiger partial charge in [-0.05, 0) is 39.5 Å². The molecule has 0 saturated heterocycles. The van der Waals surface area contributed by atoms with Crippen LogP contribution < -0.4 is 10.7 Å². The zero-order valence-electron chi connectivity index (χ0n) is 23.0. The molecule has 1 aliphatic carbocycles. The number of Topliss-reactive ketones (excluding diaryl/α,β-unsaturated/α-hetero) is 1. The summed E-state index contributed by atoms with van der Waals surface area (Å²) in [5.74, 6) is -0.566. The quantitative estimate of drug-likeness (QED) is 0.232. The van der Waals surface area contributed by atoms with E-state index < -0.39 is 11.2 Å². The highest BCUT2D eigenvalue weighted by atomic mass is 16.3. The zero-order chi connectivity index (χ0) is 28.4. The molecule has 0 aromatic carbocycles. The van der Waals surface area contributed by atoms with Crippen LogP contribution in [-0.4, -0.2) is 59.7 Å². The molecule has 1 saturated carbocycles.